The van der Waals surface area contributed by atoms with E-state index in [1.165, 1.54) is 6.33 Å². The van der Waals surface area contributed by atoms with Gasteiger partial charge in [0.15, 0.2) is 0 Å². The summed E-state index contributed by atoms with van der Waals surface area (Å²) in [5.41, 5.74) is 2.70. The molecule has 2 heterocycles. The Morgan fingerprint density at radius 1 is 0.957 bits per heavy atom. The van der Waals surface area contributed by atoms with E-state index in [1.807, 2.05) is 54.6 Å². The van der Waals surface area contributed by atoms with E-state index < -0.39 is 0 Å². The van der Waals surface area contributed by atoms with Crippen molar-refractivity contribution in [3.63, 3.8) is 0 Å². The summed E-state index contributed by atoms with van der Waals surface area (Å²) >= 11 is 3.43. The molecule has 2 aromatic carbocycles. The van der Waals surface area contributed by atoms with Gasteiger partial charge in [0.05, 0.1) is 6.33 Å². The molecule has 0 fully saturated rings. The number of nitrogens with one attached hydrogen (secondary N) is 1. The van der Waals surface area contributed by atoms with Gasteiger partial charge in [0.25, 0.3) is 5.56 Å². The van der Waals surface area contributed by atoms with Crippen LogP contribution in [-0.2, 0) is 0 Å². The van der Waals surface area contributed by atoms with Crippen molar-refractivity contribution in [3.8, 4) is 22.5 Å². The number of rotatable bonds is 2. The van der Waals surface area contributed by atoms with Gasteiger partial charge >= 0.3 is 0 Å². The first-order chi connectivity index (χ1) is 11.2. The fourth-order valence-electron chi connectivity index (χ4n) is 2.63. The molecule has 112 valence electrons. The van der Waals surface area contributed by atoms with Crippen molar-refractivity contribution >= 4 is 27.0 Å². The molecule has 2 aromatic heterocycles. The Hall–Kier alpha value is -2.66. The topological polar surface area (TPSA) is 58.9 Å². The molecule has 0 aliphatic heterocycles. The molecule has 23 heavy (non-hydrogen) atoms. The molecule has 0 spiro atoms. The lowest BCUT2D eigenvalue weighted by molar-refractivity contribution is 0.618. The Morgan fingerprint density at radius 3 is 2.43 bits per heavy atom. The maximum absolute atomic E-state index is 12.3. The van der Waals surface area contributed by atoms with Crippen LogP contribution in [0.1, 0.15) is 0 Å². The number of fused-ring (bicyclic) bond motifs is 1. The standard InChI is InChI=1S/C18H11BrN2O2/c19-13-8-6-12(7-9-13)16-14(11-4-2-1-3-5-11)15-17(22)20-10-21-18(15)23-16/h1-10H,(H,20,21,22). The number of hydrogen-bond acceptors (Lipinski definition) is 3. The minimum Gasteiger partial charge on any atom is -0.437 e. The van der Waals surface area contributed by atoms with Crippen LogP contribution >= 0.6 is 15.9 Å². The molecular weight excluding hydrogens is 356 g/mol. The summed E-state index contributed by atoms with van der Waals surface area (Å²) in [5, 5.41) is 0.469. The van der Waals surface area contributed by atoms with Crippen molar-refractivity contribution in [3.05, 3.63) is 75.8 Å². The normalized spacial score (nSPS) is 11.0. The minimum atomic E-state index is -0.207. The fraction of sp³-hybridized carbons (Fsp3) is 0. The van der Waals surface area contributed by atoms with Crippen LogP contribution in [0.15, 0.2) is 74.6 Å². The van der Waals surface area contributed by atoms with Crippen LogP contribution in [0.3, 0.4) is 0 Å². The zero-order valence-corrected chi connectivity index (χ0v) is 13.5. The predicted octanol–water partition coefficient (Wildman–Crippen LogP) is 4.61. The summed E-state index contributed by atoms with van der Waals surface area (Å²) in [5.74, 6) is 0.642. The summed E-state index contributed by atoms with van der Waals surface area (Å²) in [6.45, 7) is 0. The lowest BCUT2D eigenvalue weighted by atomic mass is 10.00. The van der Waals surface area contributed by atoms with E-state index in [-0.39, 0.29) is 5.56 Å². The smallest absolute Gasteiger partial charge is 0.262 e. The second-order valence-corrected chi connectivity index (χ2v) is 6.01. The number of aromatic amines is 1. The maximum Gasteiger partial charge on any atom is 0.262 e. The molecule has 0 unspecified atom stereocenters. The van der Waals surface area contributed by atoms with Crippen LogP contribution in [0.25, 0.3) is 33.6 Å². The Labute approximate surface area is 139 Å². The van der Waals surface area contributed by atoms with Crippen LogP contribution in [0.2, 0.25) is 0 Å². The monoisotopic (exact) mass is 366 g/mol. The van der Waals surface area contributed by atoms with Crippen molar-refractivity contribution in [1.82, 2.24) is 9.97 Å². The summed E-state index contributed by atoms with van der Waals surface area (Å²) in [4.78, 5) is 19.1. The number of halogens is 1. The second kappa shape index (κ2) is 5.52. The molecule has 4 rings (SSSR count). The third-order valence-electron chi connectivity index (χ3n) is 3.66. The fourth-order valence-corrected chi connectivity index (χ4v) is 2.89. The van der Waals surface area contributed by atoms with Gasteiger partial charge in [0, 0.05) is 15.6 Å². The third kappa shape index (κ3) is 2.39. The highest BCUT2D eigenvalue weighted by atomic mass is 79.9. The average Bonchev–Trinajstić information content (AvgIpc) is 2.97. The first-order valence-corrected chi connectivity index (χ1v) is 7.85. The highest BCUT2D eigenvalue weighted by Gasteiger charge is 2.20. The Kier molecular flexibility index (Phi) is 3.35. The molecule has 4 nitrogen and oxygen atoms in total. The molecule has 5 heteroatoms. The lowest BCUT2D eigenvalue weighted by Crippen LogP contribution is -2.05. The zero-order valence-electron chi connectivity index (χ0n) is 11.9. The van der Waals surface area contributed by atoms with E-state index in [1.54, 1.807) is 0 Å². The van der Waals surface area contributed by atoms with Gasteiger partial charge < -0.3 is 9.40 Å². The third-order valence-corrected chi connectivity index (χ3v) is 4.19. The van der Waals surface area contributed by atoms with Crippen molar-refractivity contribution in [1.29, 1.82) is 0 Å². The van der Waals surface area contributed by atoms with Gasteiger partial charge in [-0.25, -0.2) is 4.98 Å². The summed E-state index contributed by atoms with van der Waals surface area (Å²) in [6.07, 6.45) is 1.36. The number of aromatic nitrogens is 2. The molecule has 0 amide bonds. The molecular formula is C18H11BrN2O2. The van der Waals surface area contributed by atoms with E-state index in [2.05, 4.69) is 25.9 Å². The van der Waals surface area contributed by atoms with Gasteiger partial charge in [0.1, 0.15) is 11.1 Å². The summed E-state index contributed by atoms with van der Waals surface area (Å²) < 4.78 is 6.90. The molecule has 4 aromatic rings. The van der Waals surface area contributed by atoms with Gasteiger partial charge in [0.2, 0.25) is 5.71 Å². The lowest BCUT2D eigenvalue weighted by Gasteiger charge is -2.03. The molecule has 0 radical (unpaired) electrons. The van der Waals surface area contributed by atoms with Gasteiger partial charge in [-0.3, -0.25) is 4.79 Å². The van der Waals surface area contributed by atoms with Gasteiger partial charge in [-0.1, -0.05) is 58.4 Å². The van der Waals surface area contributed by atoms with Crippen LogP contribution in [0.5, 0.6) is 0 Å². The number of hydrogen-bond donors (Lipinski definition) is 1. The summed E-state index contributed by atoms with van der Waals surface area (Å²) in [6, 6.07) is 17.5. The Morgan fingerprint density at radius 2 is 1.70 bits per heavy atom. The van der Waals surface area contributed by atoms with Crippen LogP contribution in [0.4, 0.5) is 0 Å². The maximum atomic E-state index is 12.3. The van der Waals surface area contributed by atoms with E-state index in [0.29, 0.717) is 16.9 Å². The molecule has 0 saturated heterocycles. The largest absolute Gasteiger partial charge is 0.437 e. The van der Waals surface area contributed by atoms with Crippen LogP contribution in [0, 0.1) is 0 Å². The number of furan rings is 1. The zero-order chi connectivity index (χ0) is 15.8. The Bertz CT molecular complexity index is 1030. The predicted molar refractivity (Wildman–Crippen MR) is 93.2 cm³/mol. The molecule has 0 bridgehead atoms. The van der Waals surface area contributed by atoms with Gasteiger partial charge in [-0.2, -0.15) is 0 Å². The van der Waals surface area contributed by atoms with Crippen molar-refractivity contribution in [2.24, 2.45) is 0 Å². The highest BCUT2D eigenvalue weighted by Crippen LogP contribution is 2.38. The molecule has 0 aliphatic carbocycles. The van der Waals surface area contributed by atoms with Gasteiger partial charge in [-0.15, -0.1) is 0 Å². The minimum absolute atomic E-state index is 0.207. The molecule has 0 atom stereocenters. The summed E-state index contributed by atoms with van der Waals surface area (Å²) in [7, 11) is 0. The SMILES string of the molecule is O=c1[nH]cnc2oc(-c3ccc(Br)cc3)c(-c3ccccc3)c12. The first-order valence-electron chi connectivity index (χ1n) is 7.05. The molecule has 1 N–H and O–H groups in total. The second-order valence-electron chi connectivity index (χ2n) is 5.09. The van der Waals surface area contributed by atoms with E-state index in [4.69, 9.17) is 4.42 Å². The van der Waals surface area contributed by atoms with Crippen molar-refractivity contribution < 1.29 is 4.42 Å². The number of H-pyrrole nitrogens is 1. The van der Waals surface area contributed by atoms with E-state index in [9.17, 15) is 4.79 Å². The van der Waals surface area contributed by atoms with E-state index >= 15 is 0 Å². The molecule has 0 aliphatic rings. The van der Waals surface area contributed by atoms with Crippen LogP contribution in [-0.4, -0.2) is 9.97 Å². The van der Waals surface area contributed by atoms with E-state index in [0.717, 1.165) is 21.2 Å². The highest BCUT2D eigenvalue weighted by molar-refractivity contribution is 9.10. The van der Waals surface area contributed by atoms with Crippen molar-refractivity contribution in [2.75, 3.05) is 0 Å². The quantitative estimate of drug-likeness (QED) is 0.563. The van der Waals surface area contributed by atoms with Gasteiger partial charge in [-0.05, 0) is 17.7 Å². The van der Waals surface area contributed by atoms with Crippen LogP contribution < -0.4 is 5.56 Å². The Balaban J connectivity index is 2.10. The average molecular weight is 367 g/mol. The number of nitrogens with zero attached hydrogens (tertiary/aromatic N) is 1. The van der Waals surface area contributed by atoms with Crippen molar-refractivity contribution in [2.45, 2.75) is 0 Å². The first kappa shape index (κ1) is 14.0. The number of benzene rings is 2. The molecule has 0 saturated carbocycles.